The van der Waals surface area contributed by atoms with E-state index in [0.717, 1.165) is 16.7 Å². The van der Waals surface area contributed by atoms with E-state index in [9.17, 15) is 28.8 Å². The molecule has 0 saturated heterocycles. The molecule has 0 aliphatic carbocycles. The predicted molar refractivity (Wildman–Crippen MR) is 294 cm³/mol. The molecule has 3 atom stereocenters. The van der Waals surface area contributed by atoms with Crippen molar-refractivity contribution in [2.45, 2.75) is 99.6 Å². The number of unbranched alkanes of at least 4 members (excludes halogenated alkanes) is 3. The molecule has 0 bridgehead atoms. The normalized spacial score (nSPS) is 13.6. The Bertz CT molecular complexity index is 2550. The van der Waals surface area contributed by atoms with E-state index in [1.165, 1.54) is 0 Å². The molecule has 0 spiro atoms. The molecule has 18 heteroatoms. The number of ketones is 3. The molecule has 0 aliphatic heterocycles. The fraction of sp³-hybridized carbons (Fsp3) is 0.328. The molecule has 3 amide bonds. The van der Waals surface area contributed by atoms with Crippen LogP contribution in [0.2, 0.25) is 0 Å². The fourth-order valence-corrected chi connectivity index (χ4v) is 8.90. The summed E-state index contributed by atoms with van der Waals surface area (Å²) in [6.07, 6.45) is 12.7. The summed E-state index contributed by atoms with van der Waals surface area (Å²) in [4.78, 5) is 95.3. The lowest BCUT2D eigenvalue weighted by atomic mass is 9.84. The van der Waals surface area contributed by atoms with Crippen molar-refractivity contribution >= 4 is 52.1 Å². The average molecular weight is 1030 g/mol. The van der Waals surface area contributed by atoms with Crippen molar-refractivity contribution in [3.8, 4) is 0 Å². The number of benzene rings is 3. The second-order valence-corrected chi connectivity index (χ2v) is 19.2. The van der Waals surface area contributed by atoms with Crippen LogP contribution in [0.25, 0.3) is 0 Å². The van der Waals surface area contributed by atoms with Gasteiger partial charge in [0.1, 0.15) is 0 Å². The SMILES string of the molecule is NCCCC[C@](N)(C(=O)Cc1ccncc1)C(=O)Nc1ccc(C(c2ccc(NC(=O)[C@](N)(CCCCN)C(=O)Cc3ccncc3)cc2)c2ccc(NC(=O)[C@](N)(CCCCN)C(=O)Cc3ccncc3)cc2)cc1. The zero-order chi connectivity index (χ0) is 54.6. The van der Waals surface area contributed by atoms with Gasteiger partial charge in [0.05, 0.1) is 0 Å². The molecular weight excluding hydrogens is 961 g/mol. The number of aromatic nitrogens is 3. The summed E-state index contributed by atoms with van der Waals surface area (Å²) in [5.41, 5.74) is 37.5. The van der Waals surface area contributed by atoms with Crippen molar-refractivity contribution in [3.05, 3.63) is 180 Å². The molecule has 0 aliphatic rings. The Morgan fingerprint density at radius 1 is 0.368 bits per heavy atom. The quantitative estimate of drug-likeness (QED) is 0.0167. The molecule has 6 rings (SSSR count). The minimum Gasteiger partial charge on any atom is -0.330 e. The predicted octanol–water partition coefficient (Wildman–Crippen LogP) is 4.78. The maximum Gasteiger partial charge on any atom is 0.252 e. The maximum absolute atomic E-state index is 14.0. The van der Waals surface area contributed by atoms with Crippen molar-refractivity contribution in [2.75, 3.05) is 35.6 Å². The van der Waals surface area contributed by atoms with Gasteiger partial charge in [-0.05, 0) is 184 Å². The van der Waals surface area contributed by atoms with Crippen LogP contribution in [0.3, 0.4) is 0 Å². The molecule has 3 aromatic carbocycles. The van der Waals surface area contributed by atoms with Crippen molar-refractivity contribution in [1.29, 1.82) is 0 Å². The number of hydrogen-bond donors (Lipinski definition) is 9. The number of nitrogens with two attached hydrogens (primary N) is 6. The molecular formula is C58H70N12O6. The third kappa shape index (κ3) is 15.2. The van der Waals surface area contributed by atoms with E-state index < -0.39 is 57.6 Å². The van der Waals surface area contributed by atoms with E-state index in [-0.39, 0.29) is 38.5 Å². The van der Waals surface area contributed by atoms with Gasteiger partial charge in [-0.2, -0.15) is 0 Å². The van der Waals surface area contributed by atoms with Crippen LogP contribution in [0.1, 0.15) is 97.1 Å². The number of carbonyl (C=O) groups excluding carboxylic acids is 6. The van der Waals surface area contributed by atoms with Crippen molar-refractivity contribution < 1.29 is 28.8 Å². The third-order valence-electron chi connectivity index (χ3n) is 13.6. The highest BCUT2D eigenvalue weighted by Gasteiger charge is 2.43. The lowest BCUT2D eigenvalue weighted by Crippen LogP contribution is -2.58. The lowest BCUT2D eigenvalue weighted by molar-refractivity contribution is -0.134. The van der Waals surface area contributed by atoms with Crippen LogP contribution in [-0.4, -0.2) is 86.3 Å². The minimum absolute atomic E-state index is 0.0562. The first-order chi connectivity index (χ1) is 36.6. The zero-order valence-electron chi connectivity index (χ0n) is 42.8. The summed E-state index contributed by atoms with van der Waals surface area (Å²) in [5.74, 6) is -3.74. The smallest absolute Gasteiger partial charge is 0.252 e. The van der Waals surface area contributed by atoms with Gasteiger partial charge >= 0.3 is 0 Å². The molecule has 3 aromatic heterocycles. The second kappa shape index (κ2) is 27.7. The molecule has 18 nitrogen and oxygen atoms in total. The molecule has 0 saturated carbocycles. The topological polar surface area (TPSA) is 333 Å². The highest BCUT2D eigenvalue weighted by atomic mass is 16.2. The van der Waals surface area contributed by atoms with Gasteiger partial charge in [0.2, 0.25) is 0 Å². The van der Waals surface area contributed by atoms with E-state index in [2.05, 4.69) is 30.9 Å². The largest absolute Gasteiger partial charge is 0.330 e. The van der Waals surface area contributed by atoms with Crippen molar-refractivity contribution in [3.63, 3.8) is 0 Å². The summed E-state index contributed by atoms with van der Waals surface area (Å²) in [7, 11) is 0. The lowest BCUT2D eigenvalue weighted by Gasteiger charge is -2.28. The van der Waals surface area contributed by atoms with Crippen molar-refractivity contribution in [1.82, 2.24) is 15.0 Å². The fourth-order valence-electron chi connectivity index (χ4n) is 8.90. The number of nitrogens with one attached hydrogen (secondary N) is 3. The monoisotopic (exact) mass is 1030 g/mol. The number of rotatable bonds is 30. The summed E-state index contributed by atoms with van der Waals surface area (Å²) in [6.45, 7) is 1.14. The van der Waals surface area contributed by atoms with E-state index >= 15 is 0 Å². The summed E-state index contributed by atoms with van der Waals surface area (Å²) in [5, 5.41) is 8.63. The zero-order valence-corrected chi connectivity index (χ0v) is 42.8. The average Bonchev–Trinajstić information content (AvgIpc) is 3.43. The Hall–Kier alpha value is -7.71. The highest BCUT2D eigenvalue weighted by molar-refractivity contribution is 6.17. The number of nitrogens with zero attached hydrogens (tertiary/aromatic N) is 3. The Kier molecular flexibility index (Phi) is 21.0. The van der Waals surface area contributed by atoms with Crippen LogP contribution in [0.5, 0.6) is 0 Å². The van der Waals surface area contributed by atoms with Gasteiger partial charge in [-0.15, -0.1) is 0 Å². The van der Waals surface area contributed by atoms with Gasteiger partial charge in [0.15, 0.2) is 34.0 Å². The summed E-state index contributed by atoms with van der Waals surface area (Å²) in [6, 6.07) is 31.6. The van der Waals surface area contributed by atoms with Gasteiger partial charge in [-0.25, -0.2) is 0 Å². The van der Waals surface area contributed by atoms with E-state index in [1.807, 2.05) is 36.4 Å². The van der Waals surface area contributed by atoms with Crippen LogP contribution < -0.4 is 50.4 Å². The number of Topliss-reactive ketones (excluding diaryl/α,β-unsaturated/α-hetero) is 3. The molecule has 6 aromatic rings. The Morgan fingerprint density at radius 3 is 0.829 bits per heavy atom. The van der Waals surface area contributed by atoms with Crippen LogP contribution in [0.15, 0.2) is 146 Å². The Balaban J connectivity index is 1.29. The summed E-state index contributed by atoms with van der Waals surface area (Å²) < 4.78 is 0. The van der Waals surface area contributed by atoms with Crippen LogP contribution in [-0.2, 0) is 48.0 Å². The molecule has 0 radical (unpaired) electrons. The van der Waals surface area contributed by atoms with Gasteiger partial charge in [0.25, 0.3) is 17.7 Å². The van der Waals surface area contributed by atoms with Gasteiger partial charge in [-0.3, -0.25) is 43.7 Å². The maximum atomic E-state index is 14.0. The van der Waals surface area contributed by atoms with E-state index in [0.29, 0.717) is 91.9 Å². The first-order valence-electron chi connectivity index (χ1n) is 25.6. The number of hydrogen-bond acceptors (Lipinski definition) is 15. The summed E-state index contributed by atoms with van der Waals surface area (Å²) >= 11 is 0. The molecule has 0 unspecified atom stereocenters. The first kappa shape index (κ1) is 57.6. The molecule has 3 heterocycles. The Labute approximate surface area is 443 Å². The van der Waals surface area contributed by atoms with Crippen molar-refractivity contribution in [2.24, 2.45) is 34.4 Å². The second-order valence-electron chi connectivity index (χ2n) is 19.2. The molecule has 76 heavy (non-hydrogen) atoms. The number of pyridine rings is 3. The minimum atomic E-state index is -1.84. The van der Waals surface area contributed by atoms with E-state index in [1.54, 1.807) is 110 Å². The first-order valence-corrected chi connectivity index (χ1v) is 25.6. The standard InChI is InChI=1S/C58H70N12O6/c59-28-4-1-25-56(62,49(71)37-40-19-31-65-32-20-40)53(74)68-46-13-7-43(8-14-46)52(44-9-15-47(16-10-44)69-54(75)57(63,26-2-5-29-60)50(72)38-41-21-33-66-34-22-41)45-11-17-48(18-12-45)70-55(76)58(64,27-3-6-30-61)51(73)39-42-23-35-67-36-24-42/h7-24,31-36,52H,1-6,25-30,37-39,59-64H2,(H,68,74)(H,69,75)(H,70,76)/t56-,57-,58-/m0/s1. The molecule has 398 valence electrons. The number of amides is 3. The molecule has 15 N–H and O–H groups in total. The van der Waals surface area contributed by atoms with Gasteiger partial charge < -0.3 is 50.4 Å². The van der Waals surface area contributed by atoms with E-state index in [4.69, 9.17) is 34.4 Å². The number of anilines is 3. The highest BCUT2D eigenvalue weighted by Crippen LogP contribution is 2.35. The van der Waals surface area contributed by atoms with Crippen LogP contribution >= 0.6 is 0 Å². The molecule has 0 fully saturated rings. The van der Waals surface area contributed by atoms with Crippen LogP contribution in [0.4, 0.5) is 17.1 Å². The third-order valence-corrected chi connectivity index (χ3v) is 13.6. The Morgan fingerprint density at radius 2 is 0.605 bits per heavy atom. The number of carbonyl (C=O) groups is 6. The van der Waals surface area contributed by atoms with Crippen LogP contribution in [0, 0.1) is 0 Å². The van der Waals surface area contributed by atoms with Gasteiger partial charge in [-0.1, -0.05) is 36.4 Å². The van der Waals surface area contributed by atoms with Gasteiger partial charge in [0, 0.05) is 79.4 Å².